The van der Waals surface area contributed by atoms with Crippen molar-refractivity contribution in [2.75, 3.05) is 0 Å². The molecule has 0 radical (unpaired) electrons. The Balaban J connectivity index is 1.83. The Morgan fingerprint density at radius 1 is 1.15 bits per heavy atom. The van der Waals surface area contributed by atoms with E-state index in [0.717, 1.165) is 34.6 Å². The largest absolute Gasteiger partial charge is 0.265 e. The fourth-order valence-corrected chi connectivity index (χ4v) is 2.75. The molecule has 0 aliphatic heterocycles. The molecule has 0 spiro atoms. The van der Waals surface area contributed by atoms with Gasteiger partial charge in [0.25, 0.3) is 0 Å². The first-order valence-electron chi connectivity index (χ1n) is 6.75. The molecule has 0 saturated heterocycles. The maximum Gasteiger partial charge on any atom is 0.132 e. The van der Waals surface area contributed by atoms with Gasteiger partial charge in [0, 0.05) is 24.5 Å². The van der Waals surface area contributed by atoms with Gasteiger partial charge in [0.1, 0.15) is 5.52 Å². The first kappa shape index (κ1) is 11.9. The summed E-state index contributed by atoms with van der Waals surface area (Å²) in [6.45, 7) is 0.946. The third-order valence-corrected chi connectivity index (χ3v) is 4.13. The maximum absolute atomic E-state index is 6.51. The Bertz CT molecular complexity index is 762. The fraction of sp³-hybridized carbons (Fsp3) is 0.267. The highest BCUT2D eigenvalue weighted by atomic mass is 35.5. The lowest BCUT2D eigenvalue weighted by Crippen LogP contribution is -2.01. The minimum atomic E-state index is 0.663. The van der Waals surface area contributed by atoms with Gasteiger partial charge < -0.3 is 0 Å². The summed E-state index contributed by atoms with van der Waals surface area (Å²) in [5, 5.41) is 9.15. The molecule has 100 valence electrons. The van der Waals surface area contributed by atoms with Crippen LogP contribution < -0.4 is 0 Å². The zero-order chi connectivity index (χ0) is 13.5. The van der Waals surface area contributed by atoms with Crippen LogP contribution in [0.3, 0.4) is 0 Å². The van der Waals surface area contributed by atoms with Crippen LogP contribution in [0.4, 0.5) is 0 Å². The summed E-state index contributed by atoms with van der Waals surface area (Å²) in [6.07, 6.45) is 6.12. The summed E-state index contributed by atoms with van der Waals surface area (Å²) < 4.78 is 1.97. The molecular formula is C15H13ClN4. The van der Waals surface area contributed by atoms with Gasteiger partial charge in [-0.05, 0) is 42.5 Å². The third-order valence-electron chi connectivity index (χ3n) is 3.75. The first-order chi connectivity index (χ1) is 9.83. The molecule has 0 amide bonds. The molecule has 4 rings (SSSR count). The quantitative estimate of drug-likeness (QED) is 0.739. The number of halogens is 1. The van der Waals surface area contributed by atoms with E-state index >= 15 is 0 Å². The molecule has 5 heteroatoms. The van der Waals surface area contributed by atoms with Gasteiger partial charge in [-0.3, -0.25) is 4.98 Å². The Morgan fingerprint density at radius 2 is 1.95 bits per heavy atom. The molecule has 4 nitrogen and oxygen atoms in total. The van der Waals surface area contributed by atoms with Gasteiger partial charge in [-0.15, -0.1) is 5.10 Å². The molecule has 1 saturated carbocycles. The number of pyridine rings is 1. The highest BCUT2D eigenvalue weighted by Crippen LogP contribution is 2.35. The van der Waals surface area contributed by atoms with Gasteiger partial charge in [-0.1, -0.05) is 22.9 Å². The average Bonchev–Trinajstić information content (AvgIpc) is 3.20. The number of nitrogens with zero attached hydrogens (tertiary/aromatic N) is 4. The Labute approximate surface area is 121 Å². The monoisotopic (exact) mass is 284 g/mol. The molecule has 0 bridgehead atoms. The standard InChI is InChI=1S/C15H13ClN4/c16-14-12(11-5-7-17-8-6-11)3-4-13-15(14)18-19-20(13)9-10-1-2-10/h3-8,10H,1-2,9H2. The zero-order valence-corrected chi connectivity index (χ0v) is 11.6. The second-order valence-electron chi connectivity index (χ2n) is 5.25. The van der Waals surface area contributed by atoms with E-state index in [1.165, 1.54) is 12.8 Å². The Morgan fingerprint density at radius 3 is 2.70 bits per heavy atom. The molecule has 2 heterocycles. The molecule has 3 aromatic rings. The molecule has 0 unspecified atom stereocenters. The highest BCUT2D eigenvalue weighted by Gasteiger charge is 2.23. The zero-order valence-electron chi connectivity index (χ0n) is 10.8. The highest BCUT2D eigenvalue weighted by molar-refractivity contribution is 6.37. The second kappa shape index (κ2) is 4.56. The van der Waals surface area contributed by atoms with E-state index < -0.39 is 0 Å². The number of rotatable bonds is 3. The lowest BCUT2D eigenvalue weighted by Gasteiger charge is -2.05. The van der Waals surface area contributed by atoms with Gasteiger partial charge in [0.2, 0.25) is 0 Å². The maximum atomic E-state index is 6.51. The summed E-state index contributed by atoms with van der Waals surface area (Å²) in [6, 6.07) is 7.98. The van der Waals surface area contributed by atoms with Crippen LogP contribution in [0.5, 0.6) is 0 Å². The van der Waals surface area contributed by atoms with Crippen LogP contribution in [0.1, 0.15) is 12.8 Å². The number of hydrogen-bond acceptors (Lipinski definition) is 3. The van der Waals surface area contributed by atoms with Crippen LogP contribution in [-0.2, 0) is 6.54 Å². The van der Waals surface area contributed by atoms with Crippen molar-refractivity contribution in [3.05, 3.63) is 41.7 Å². The number of fused-ring (bicyclic) bond motifs is 1. The van der Waals surface area contributed by atoms with Crippen LogP contribution in [0.2, 0.25) is 5.02 Å². The van der Waals surface area contributed by atoms with Crippen LogP contribution in [0, 0.1) is 5.92 Å². The summed E-state index contributed by atoms with van der Waals surface area (Å²) >= 11 is 6.51. The minimum Gasteiger partial charge on any atom is -0.265 e. The molecule has 1 aliphatic rings. The van der Waals surface area contributed by atoms with Crippen molar-refractivity contribution in [1.29, 1.82) is 0 Å². The SMILES string of the molecule is Clc1c(-c2ccncc2)ccc2c1nnn2CC1CC1. The van der Waals surface area contributed by atoms with Gasteiger partial charge in [-0.25, -0.2) is 4.68 Å². The lowest BCUT2D eigenvalue weighted by molar-refractivity contribution is 0.559. The lowest BCUT2D eigenvalue weighted by atomic mass is 10.1. The molecule has 20 heavy (non-hydrogen) atoms. The Kier molecular flexibility index (Phi) is 2.70. The average molecular weight is 285 g/mol. The molecule has 2 aromatic heterocycles. The van der Waals surface area contributed by atoms with Crippen molar-refractivity contribution >= 4 is 22.6 Å². The fourth-order valence-electron chi connectivity index (χ4n) is 2.44. The van der Waals surface area contributed by atoms with Crippen molar-refractivity contribution in [2.24, 2.45) is 5.92 Å². The van der Waals surface area contributed by atoms with E-state index in [0.29, 0.717) is 5.02 Å². The van der Waals surface area contributed by atoms with Crippen molar-refractivity contribution < 1.29 is 0 Å². The Hall–Kier alpha value is -1.94. The normalized spacial score (nSPS) is 14.8. The van der Waals surface area contributed by atoms with E-state index in [1.54, 1.807) is 12.4 Å². The van der Waals surface area contributed by atoms with Crippen molar-refractivity contribution in [2.45, 2.75) is 19.4 Å². The molecule has 0 atom stereocenters. The predicted octanol–water partition coefficient (Wildman–Crippen LogP) is 3.56. The van der Waals surface area contributed by atoms with Crippen LogP contribution in [-0.4, -0.2) is 20.0 Å². The molecular weight excluding hydrogens is 272 g/mol. The van der Waals surface area contributed by atoms with E-state index in [2.05, 4.69) is 21.4 Å². The number of benzene rings is 1. The number of hydrogen-bond donors (Lipinski definition) is 0. The topological polar surface area (TPSA) is 43.6 Å². The first-order valence-corrected chi connectivity index (χ1v) is 7.13. The van der Waals surface area contributed by atoms with E-state index in [4.69, 9.17) is 11.6 Å². The summed E-state index contributed by atoms with van der Waals surface area (Å²) in [4.78, 5) is 4.03. The van der Waals surface area contributed by atoms with E-state index in [1.807, 2.05) is 22.9 Å². The van der Waals surface area contributed by atoms with E-state index in [9.17, 15) is 0 Å². The summed E-state index contributed by atoms with van der Waals surface area (Å²) in [7, 11) is 0. The molecule has 1 aromatic carbocycles. The third kappa shape index (κ3) is 1.96. The van der Waals surface area contributed by atoms with Gasteiger partial charge in [0.15, 0.2) is 0 Å². The van der Waals surface area contributed by atoms with Crippen LogP contribution >= 0.6 is 11.6 Å². The van der Waals surface area contributed by atoms with Crippen LogP contribution in [0.15, 0.2) is 36.7 Å². The van der Waals surface area contributed by atoms with Gasteiger partial charge in [0.05, 0.1) is 10.5 Å². The molecule has 1 fully saturated rings. The number of aromatic nitrogens is 4. The minimum absolute atomic E-state index is 0.663. The van der Waals surface area contributed by atoms with Gasteiger partial charge in [-0.2, -0.15) is 0 Å². The molecule has 0 N–H and O–H groups in total. The second-order valence-corrected chi connectivity index (χ2v) is 5.62. The summed E-state index contributed by atoms with van der Waals surface area (Å²) in [5.74, 6) is 0.763. The molecule has 1 aliphatic carbocycles. The van der Waals surface area contributed by atoms with Crippen LogP contribution in [0.25, 0.3) is 22.2 Å². The summed E-state index contributed by atoms with van der Waals surface area (Å²) in [5.41, 5.74) is 3.81. The predicted molar refractivity (Wildman–Crippen MR) is 78.5 cm³/mol. The van der Waals surface area contributed by atoms with Crippen molar-refractivity contribution in [3.8, 4) is 11.1 Å². The van der Waals surface area contributed by atoms with Crippen molar-refractivity contribution in [1.82, 2.24) is 20.0 Å². The van der Waals surface area contributed by atoms with Crippen molar-refractivity contribution in [3.63, 3.8) is 0 Å². The van der Waals surface area contributed by atoms with Gasteiger partial charge >= 0.3 is 0 Å². The van der Waals surface area contributed by atoms with E-state index in [-0.39, 0.29) is 0 Å². The smallest absolute Gasteiger partial charge is 0.132 e.